The SMILES string of the molecule is CCN(CCOC)S(=O)(=O)c1cc(Cl)cc(CN)c1C. The maximum atomic E-state index is 12.7. The third-order valence-corrected chi connectivity index (χ3v) is 5.49. The van der Waals surface area contributed by atoms with Crippen LogP contribution >= 0.6 is 11.6 Å². The number of halogens is 1. The van der Waals surface area contributed by atoms with Crippen molar-refractivity contribution in [3.63, 3.8) is 0 Å². The molecule has 1 aromatic rings. The molecule has 0 radical (unpaired) electrons. The number of sulfonamides is 1. The summed E-state index contributed by atoms with van der Waals surface area (Å²) in [6.07, 6.45) is 0. The van der Waals surface area contributed by atoms with E-state index >= 15 is 0 Å². The zero-order chi connectivity index (χ0) is 15.3. The van der Waals surface area contributed by atoms with Crippen LogP contribution < -0.4 is 5.73 Å². The van der Waals surface area contributed by atoms with Gasteiger partial charge in [-0.3, -0.25) is 0 Å². The molecule has 0 aliphatic carbocycles. The van der Waals surface area contributed by atoms with Crippen molar-refractivity contribution in [3.05, 3.63) is 28.3 Å². The lowest BCUT2D eigenvalue weighted by atomic mass is 10.1. The summed E-state index contributed by atoms with van der Waals surface area (Å²) < 4.78 is 31.7. The van der Waals surface area contributed by atoms with Crippen LogP contribution in [0.5, 0.6) is 0 Å². The number of hydrogen-bond acceptors (Lipinski definition) is 4. The van der Waals surface area contributed by atoms with E-state index < -0.39 is 10.0 Å². The van der Waals surface area contributed by atoms with Crippen molar-refractivity contribution in [3.8, 4) is 0 Å². The van der Waals surface area contributed by atoms with Gasteiger partial charge in [-0.25, -0.2) is 8.42 Å². The molecule has 0 aliphatic rings. The van der Waals surface area contributed by atoms with Gasteiger partial charge in [0.15, 0.2) is 0 Å². The second-order valence-electron chi connectivity index (χ2n) is 4.38. The van der Waals surface area contributed by atoms with Gasteiger partial charge in [0.2, 0.25) is 10.0 Å². The van der Waals surface area contributed by atoms with Gasteiger partial charge in [0, 0.05) is 31.8 Å². The number of likely N-dealkylation sites (N-methyl/N-ethyl adjacent to an activating group) is 1. The van der Waals surface area contributed by atoms with Crippen LogP contribution in [0.3, 0.4) is 0 Å². The molecule has 0 unspecified atom stereocenters. The van der Waals surface area contributed by atoms with Gasteiger partial charge in [0.1, 0.15) is 0 Å². The average molecular weight is 321 g/mol. The van der Waals surface area contributed by atoms with Crippen molar-refractivity contribution < 1.29 is 13.2 Å². The highest BCUT2D eigenvalue weighted by Crippen LogP contribution is 2.26. The van der Waals surface area contributed by atoms with Gasteiger partial charge < -0.3 is 10.5 Å². The first kappa shape index (κ1) is 17.4. The summed E-state index contributed by atoms with van der Waals surface area (Å²) in [6, 6.07) is 3.17. The minimum atomic E-state index is -3.60. The number of methoxy groups -OCH3 is 1. The van der Waals surface area contributed by atoms with E-state index in [0.29, 0.717) is 30.3 Å². The summed E-state index contributed by atoms with van der Waals surface area (Å²) in [5.74, 6) is 0. The van der Waals surface area contributed by atoms with Crippen molar-refractivity contribution in [2.75, 3.05) is 26.8 Å². The Balaban J connectivity index is 3.30. The first-order valence-corrected chi connectivity index (χ1v) is 8.18. The standard InChI is InChI=1S/C13H21ClN2O3S/c1-4-16(5-6-19-3)20(17,18)13-8-12(14)7-11(9-15)10(13)2/h7-8H,4-6,9,15H2,1-3H3. The van der Waals surface area contributed by atoms with E-state index in [9.17, 15) is 8.42 Å². The molecule has 5 nitrogen and oxygen atoms in total. The van der Waals surface area contributed by atoms with Gasteiger partial charge in [0.25, 0.3) is 0 Å². The number of nitrogens with two attached hydrogens (primary N) is 1. The molecule has 114 valence electrons. The van der Waals surface area contributed by atoms with Crippen LogP contribution in [0.4, 0.5) is 0 Å². The fourth-order valence-corrected chi connectivity index (χ4v) is 4.00. The van der Waals surface area contributed by atoms with Crippen LogP contribution in [-0.4, -0.2) is 39.5 Å². The van der Waals surface area contributed by atoms with Crippen molar-refractivity contribution in [2.24, 2.45) is 5.73 Å². The third-order valence-electron chi connectivity index (χ3n) is 3.17. The Hall–Kier alpha value is -0.660. The molecule has 0 spiro atoms. The Kier molecular flexibility index (Phi) is 6.42. The molecule has 2 N–H and O–H groups in total. The molecular formula is C13H21ClN2O3S. The molecule has 0 aliphatic heterocycles. The van der Waals surface area contributed by atoms with E-state index in [1.54, 1.807) is 19.9 Å². The smallest absolute Gasteiger partial charge is 0.243 e. The molecule has 0 fully saturated rings. The molecular weight excluding hydrogens is 300 g/mol. The number of benzene rings is 1. The summed E-state index contributed by atoms with van der Waals surface area (Å²) in [5.41, 5.74) is 7.01. The average Bonchev–Trinajstić information content (AvgIpc) is 2.41. The Labute approximate surface area is 125 Å². The van der Waals surface area contributed by atoms with Crippen LogP contribution in [0.25, 0.3) is 0 Å². The normalized spacial score (nSPS) is 12.1. The lowest BCUT2D eigenvalue weighted by Gasteiger charge is -2.22. The van der Waals surface area contributed by atoms with Gasteiger partial charge in [-0.1, -0.05) is 18.5 Å². The van der Waals surface area contributed by atoms with Gasteiger partial charge in [0.05, 0.1) is 11.5 Å². The molecule has 0 bridgehead atoms. The highest BCUT2D eigenvalue weighted by Gasteiger charge is 2.26. The molecule has 20 heavy (non-hydrogen) atoms. The predicted octanol–water partition coefficient (Wildman–Crippen LogP) is 1.76. The van der Waals surface area contributed by atoms with Gasteiger partial charge >= 0.3 is 0 Å². The summed E-state index contributed by atoms with van der Waals surface area (Å²) in [4.78, 5) is 0.211. The Morgan fingerprint density at radius 2 is 2.05 bits per heavy atom. The topological polar surface area (TPSA) is 72.6 Å². The second kappa shape index (κ2) is 7.38. The Morgan fingerprint density at radius 1 is 1.40 bits per heavy atom. The number of nitrogens with zero attached hydrogens (tertiary/aromatic N) is 1. The number of rotatable bonds is 7. The summed E-state index contributed by atoms with van der Waals surface area (Å²) in [6.45, 7) is 4.80. The molecule has 7 heteroatoms. The minimum absolute atomic E-state index is 0.211. The quantitative estimate of drug-likeness (QED) is 0.831. The predicted molar refractivity (Wildman–Crippen MR) is 80.4 cm³/mol. The van der Waals surface area contributed by atoms with Crippen molar-refractivity contribution in [1.29, 1.82) is 0 Å². The van der Waals surface area contributed by atoms with E-state index in [1.807, 2.05) is 0 Å². The molecule has 0 amide bonds. The molecule has 0 saturated heterocycles. The van der Waals surface area contributed by atoms with Crippen molar-refractivity contribution in [2.45, 2.75) is 25.3 Å². The highest BCUT2D eigenvalue weighted by atomic mass is 35.5. The van der Waals surface area contributed by atoms with Crippen LogP contribution in [0, 0.1) is 6.92 Å². The number of ether oxygens (including phenoxy) is 1. The molecule has 0 saturated carbocycles. The molecule has 0 atom stereocenters. The fourth-order valence-electron chi connectivity index (χ4n) is 1.97. The van der Waals surface area contributed by atoms with Crippen LogP contribution in [-0.2, 0) is 21.3 Å². The summed E-state index contributed by atoms with van der Waals surface area (Å²) in [5, 5.41) is 0.373. The van der Waals surface area contributed by atoms with E-state index in [4.69, 9.17) is 22.1 Å². The molecule has 0 heterocycles. The Morgan fingerprint density at radius 3 is 2.55 bits per heavy atom. The zero-order valence-electron chi connectivity index (χ0n) is 12.0. The van der Waals surface area contributed by atoms with Gasteiger partial charge in [-0.15, -0.1) is 0 Å². The lowest BCUT2D eigenvalue weighted by molar-refractivity contribution is 0.180. The lowest BCUT2D eigenvalue weighted by Crippen LogP contribution is -2.34. The van der Waals surface area contributed by atoms with E-state index in [0.717, 1.165) is 5.56 Å². The first-order chi connectivity index (χ1) is 9.38. The highest BCUT2D eigenvalue weighted by molar-refractivity contribution is 7.89. The molecule has 1 rings (SSSR count). The zero-order valence-corrected chi connectivity index (χ0v) is 13.6. The van der Waals surface area contributed by atoms with Gasteiger partial charge in [-0.05, 0) is 30.2 Å². The Bertz CT molecular complexity index is 561. The first-order valence-electron chi connectivity index (χ1n) is 6.36. The summed E-state index contributed by atoms with van der Waals surface area (Å²) >= 11 is 6.00. The largest absolute Gasteiger partial charge is 0.383 e. The van der Waals surface area contributed by atoms with Crippen molar-refractivity contribution in [1.82, 2.24) is 4.31 Å². The fraction of sp³-hybridized carbons (Fsp3) is 0.538. The van der Waals surface area contributed by atoms with E-state index in [1.165, 1.54) is 17.5 Å². The minimum Gasteiger partial charge on any atom is -0.383 e. The maximum absolute atomic E-state index is 12.7. The number of hydrogen-bond donors (Lipinski definition) is 1. The molecule has 0 aromatic heterocycles. The third kappa shape index (κ3) is 3.71. The van der Waals surface area contributed by atoms with E-state index in [-0.39, 0.29) is 11.4 Å². The summed E-state index contributed by atoms with van der Waals surface area (Å²) in [7, 11) is -2.06. The van der Waals surface area contributed by atoms with Crippen LogP contribution in [0.1, 0.15) is 18.1 Å². The van der Waals surface area contributed by atoms with E-state index in [2.05, 4.69) is 0 Å². The van der Waals surface area contributed by atoms with Crippen LogP contribution in [0.2, 0.25) is 5.02 Å². The monoisotopic (exact) mass is 320 g/mol. The van der Waals surface area contributed by atoms with Gasteiger partial charge in [-0.2, -0.15) is 4.31 Å². The maximum Gasteiger partial charge on any atom is 0.243 e. The molecule has 1 aromatic carbocycles. The van der Waals surface area contributed by atoms with Crippen molar-refractivity contribution >= 4 is 21.6 Å². The second-order valence-corrected chi connectivity index (χ2v) is 6.72. The van der Waals surface area contributed by atoms with Crippen LogP contribution in [0.15, 0.2) is 17.0 Å².